The highest BCUT2D eigenvalue weighted by atomic mass is 16.5. The molecule has 1 aliphatic heterocycles. The zero-order chi connectivity index (χ0) is 8.81. The van der Waals surface area contributed by atoms with E-state index in [0.717, 1.165) is 12.8 Å². The highest BCUT2D eigenvalue weighted by Gasteiger charge is 2.14. The number of carbonyl (C=O) groups excluding carboxylic acids is 1. The molecule has 0 aromatic rings. The van der Waals surface area contributed by atoms with E-state index in [9.17, 15) is 4.79 Å². The molecule has 1 unspecified atom stereocenters. The number of rotatable bonds is 4. The van der Waals surface area contributed by atoms with E-state index in [2.05, 4.69) is 10.0 Å². The Labute approximate surface area is 69.6 Å². The van der Waals surface area contributed by atoms with Gasteiger partial charge in [-0.2, -0.15) is 0 Å². The monoisotopic (exact) mass is 167 g/mol. The van der Waals surface area contributed by atoms with Gasteiger partial charge in [-0.3, -0.25) is 0 Å². The van der Waals surface area contributed by atoms with E-state index < -0.39 is 0 Å². The van der Waals surface area contributed by atoms with Crippen LogP contribution >= 0.6 is 0 Å². The molecule has 0 saturated carbocycles. The minimum atomic E-state index is -0.288. The third-order valence-corrected chi connectivity index (χ3v) is 1.52. The van der Waals surface area contributed by atoms with Crippen LogP contribution in [0.1, 0.15) is 12.8 Å². The van der Waals surface area contributed by atoms with Gasteiger partial charge in [-0.15, -0.1) is 0 Å². The molecule has 1 atom stereocenters. The molecule has 0 spiro atoms. The van der Waals surface area contributed by atoms with Gasteiger partial charge in [0.05, 0.1) is 0 Å². The van der Waals surface area contributed by atoms with Crippen LogP contribution in [0, 0.1) is 0 Å². The molecule has 0 aromatic carbocycles. The molecule has 0 radical (unpaired) electrons. The Morgan fingerprint density at radius 2 is 2.58 bits per heavy atom. The average molecular weight is 167 g/mol. The fourth-order valence-corrected chi connectivity index (χ4v) is 0.977. The molecule has 12 heavy (non-hydrogen) atoms. The Hall–Kier alpha value is -1.48. The van der Waals surface area contributed by atoms with E-state index in [1.807, 2.05) is 0 Å². The van der Waals surface area contributed by atoms with Crippen molar-refractivity contribution in [3.05, 3.63) is 22.6 Å². The van der Waals surface area contributed by atoms with Crippen molar-refractivity contribution in [2.24, 2.45) is 5.11 Å². The molecule has 0 bridgehead atoms. The minimum absolute atomic E-state index is 0.119. The summed E-state index contributed by atoms with van der Waals surface area (Å²) < 4.78 is 4.86. The van der Waals surface area contributed by atoms with E-state index in [1.165, 1.54) is 6.08 Å². The average Bonchev–Trinajstić information content (AvgIpc) is 2.45. The summed E-state index contributed by atoms with van der Waals surface area (Å²) in [5.41, 5.74) is 7.96. The summed E-state index contributed by atoms with van der Waals surface area (Å²) >= 11 is 0. The Morgan fingerprint density at radius 3 is 3.17 bits per heavy atom. The molecule has 0 aliphatic carbocycles. The first-order chi connectivity index (χ1) is 5.83. The van der Waals surface area contributed by atoms with Crippen molar-refractivity contribution in [1.29, 1.82) is 0 Å². The minimum Gasteiger partial charge on any atom is -0.455 e. The van der Waals surface area contributed by atoms with Crippen molar-refractivity contribution in [2.45, 2.75) is 18.9 Å². The van der Waals surface area contributed by atoms with Gasteiger partial charge in [-0.25, -0.2) is 4.79 Å². The van der Waals surface area contributed by atoms with Crippen molar-refractivity contribution in [1.82, 2.24) is 0 Å². The first kappa shape index (κ1) is 8.62. The summed E-state index contributed by atoms with van der Waals surface area (Å²) in [5.74, 6) is -0.288. The smallest absolute Gasteiger partial charge is 0.331 e. The molecule has 5 heteroatoms. The van der Waals surface area contributed by atoms with Crippen LogP contribution in [0.4, 0.5) is 0 Å². The first-order valence-corrected chi connectivity index (χ1v) is 3.72. The van der Waals surface area contributed by atoms with Gasteiger partial charge in [0.15, 0.2) is 0 Å². The van der Waals surface area contributed by atoms with Crippen LogP contribution < -0.4 is 0 Å². The number of nitrogens with zero attached hydrogens (tertiary/aromatic N) is 3. The molecule has 64 valence electrons. The zero-order valence-electron chi connectivity index (χ0n) is 6.51. The van der Waals surface area contributed by atoms with E-state index >= 15 is 0 Å². The second kappa shape index (κ2) is 4.41. The summed E-state index contributed by atoms with van der Waals surface area (Å²) in [5, 5.41) is 3.37. The fraction of sp³-hybridized carbons (Fsp3) is 0.571. The lowest BCUT2D eigenvalue weighted by Crippen LogP contribution is -2.07. The van der Waals surface area contributed by atoms with Gasteiger partial charge < -0.3 is 4.74 Å². The number of hydrogen-bond donors (Lipinski definition) is 0. The van der Waals surface area contributed by atoms with Crippen molar-refractivity contribution in [2.75, 3.05) is 6.54 Å². The summed E-state index contributed by atoms with van der Waals surface area (Å²) in [4.78, 5) is 13.2. The second-order valence-electron chi connectivity index (χ2n) is 2.43. The Balaban J connectivity index is 2.12. The Morgan fingerprint density at radius 1 is 1.75 bits per heavy atom. The Kier molecular flexibility index (Phi) is 3.17. The second-order valence-corrected chi connectivity index (χ2v) is 2.43. The fourth-order valence-electron chi connectivity index (χ4n) is 0.977. The molecule has 1 rings (SSSR count). The maximum atomic E-state index is 10.6. The number of azide groups is 1. The van der Waals surface area contributed by atoms with Crippen LogP contribution in [0.15, 0.2) is 17.3 Å². The van der Waals surface area contributed by atoms with Gasteiger partial charge >= 0.3 is 5.97 Å². The lowest BCUT2D eigenvalue weighted by Gasteiger charge is -2.05. The SMILES string of the molecule is [N-]=[N+]=NCCCC1C=CC(=O)O1. The Bertz CT molecular complexity index is 243. The first-order valence-electron chi connectivity index (χ1n) is 3.72. The van der Waals surface area contributed by atoms with Crippen LogP contribution in [0.2, 0.25) is 0 Å². The van der Waals surface area contributed by atoms with Crippen LogP contribution in [0.3, 0.4) is 0 Å². The normalized spacial score (nSPS) is 20.3. The molecule has 5 nitrogen and oxygen atoms in total. The number of ether oxygens (including phenoxy) is 1. The predicted molar refractivity (Wildman–Crippen MR) is 42.3 cm³/mol. The van der Waals surface area contributed by atoms with Gasteiger partial charge in [-0.05, 0) is 24.4 Å². The van der Waals surface area contributed by atoms with Crippen LogP contribution in [0.5, 0.6) is 0 Å². The van der Waals surface area contributed by atoms with Gasteiger partial charge in [0.25, 0.3) is 0 Å². The van der Waals surface area contributed by atoms with Gasteiger partial charge in [0.2, 0.25) is 0 Å². The largest absolute Gasteiger partial charge is 0.455 e. The molecule has 0 aromatic heterocycles. The van der Waals surface area contributed by atoms with Crippen molar-refractivity contribution in [3.8, 4) is 0 Å². The third kappa shape index (κ3) is 2.64. The van der Waals surface area contributed by atoms with Crippen molar-refractivity contribution in [3.63, 3.8) is 0 Å². The molecule has 0 fully saturated rings. The van der Waals surface area contributed by atoms with Crippen molar-refractivity contribution < 1.29 is 9.53 Å². The molecular weight excluding hydrogens is 158 g/mol. The molecule has 1 aliphatic rings. The highest BCUT2D eigenvalue weighted by molar-refractivity contribution is 5.84. The van der Waals surface area contributed by atoms with E-state index in [-0.39, 0.29) is 12.1 Å². The number of carbonyl (C=O) groups is 1. The van der Waals surface area contributed by atoms with E-state index in [0.29, 0.717) is 6.54 Å². The van der Waals surface area contributed by atoms with Crippen LogP contribution in [0.25, 0.3) is 10.4 Å². The lowest BCUT2D eigenvalue weighted by molar-refractivity contribution is -0.138. The predicted octanol–water partition coefficient (Wildman–Crippen LogP) is 1.56. The molecular formula is C7H9N3O2. The molecule has 0 N–H and O–H groups in total. The number of hydrogen-bond acceptors (Lipinski definition) is 3. The maximum Gasteiger partial charge on any atom is 0.331 e. The van der Waals surface area contributed by atoms with Gasteiger partial charge in [-0.1, -0.05) is 5.11 Å². The third-order valence-electron chi connectivity index (χ3n) is 1.52. The number of cyclic esters (lactones) is 1. The standard InChI is InChI=1S/C7H9N3O2/c8-10-9-5-1-2-6-3-4-7(11)12-6/h3-4,6H,1-2,5H2. The molecule has 1 heterocycles. The van der Waals surface area contributed by atoms with Crippen LogP contribution in [-0.2, 0) is 9.53 Å². The zero-order valence-corrected chi connectivity index (χ0v) is 6.51. The number of esters is 1. The summed E-state index contributed by atoms with van der Waals surface area (Å²) in [6.07, 6.45) is 4.48. The van der Waals surface area contributed by atoms with E-state index in [1.54, 1.807) is 6.08 Å². The summed E-state index contributed by atoms with van der Waals surface area (Å²) in [6.45, 7) is 0.457. The summed E-state index contributed by atoms with van der Waals surface area (Å²) in [6, 6.07) is 0. The molecule has 0 amide bonds. The maximum absolute atomic E-state index is 10.6. The lowest BCUT2D eigenvalue weighted by atomic mass is 10.2. The summed E-state index contributed by atoms with van der Waals surface area (Å²) in [7, 11) is 0. The topological polar surface area (TPSA) is 75.1 Å². The molecule has 0 saturated heterocycles. The van der Waals surface area contributed by atoms with Crippen molar-refractivity contribution >= 4 is 5.97 Å². The van der Waals surface area contributed by atoms with E-state index in [4.69, 9.17) is 10.3 Å². The highest BCUT2D eigenvalue weighted by Crippen LogP contribution is 2.10. The van der Waals surface area contributed by atoms with Gasteiger partial charge in [0, 0.05) is 17.5 Å². The van der Waals surface area contributed by atoms with Crippen LogP contribution in [-0.4, -0.2) is 18.6 Å². The van der Waals surface area contributed by atoms with Gasteiger partial charge in [0.1, 0.15) is 6.10 Å². The quantitative estimate of drug-likeness (QED) is 0.209.